The van der Waals surface area contributed by atoms with Crippen LogP contribution in [0.25, 0.3) is 5.65 Å². The Morgan fingerprint density at radius 2 is 2.04 bits per heavy atom. The van der Waals surface area contributed by atoms with Crippen molar-refractivity contribution in [2.45, 2.75) is 20.3 Å². The molecule has 0 saturated carbocycles. The van der Waals surface area contributed by atoms with E-state index in [0.717, 1.165) is 29.2 Å². The van der Waals surface area contributed by atoms with Crippen molar-refractivity contribution < 1.29 is 4.79 Å². The van der Waals surface area contributed by atoms with E-state index in [1.165, 1.54) is 0 Å². The van der Waals surface area contributed by atoms with Crippen LogP contribution in [-0.2, 0) is 4.79 Å². The summed E-state index contributed by atoms with van der Waals surface area (Å²) in [6, 6.07) is 9.83. The number of nitrogens with zero attached hydrogens (tertiary/aromatic N) is 5. The first-order valence-corrected chi connectivity index (χ1v) is 8.40. The first-order chi connectivity index (χ1) is 12.1. The maximum Gasteiger partial charge on any atom is 0.227 e. The van der Waals surface area contributed by atoms with Gasteiger partial charge in [-0.25, -0.2) is 0 Å². The van der Waals surface area contributed by atoms with Crippen molar-refractivity contribution in [1.82, 2.24) is 19.8 Å². The van der Waals surface area contributed by atoms with Crippen molar-refractivity contribution in [3.05, 3.63) is 47.9 Å². The minimum absolute atomic E-state index is 0.174. The fourth-order valence-corrected chi connectivity index (χ4v) is 3.29. The first kappa shape index (κ1) is 15.6. The SMILES string of the molecule is Cc1nn2cnnc2c(NCC2CC(=O)N(c3ccccc3)C2)c1C. The summed E-state index contributed by atoms with van der Waals surface area (Å²) in [4.78, 5) is 14.2. The van der Waals surface area contributed by atoms with Gasteiger partial charge in [0.1, 0.15) is 6.33 Å². The van der Waals surface area contributed by atoms with Gasteiger partial charge in [-0.2, -0.15) is 9.61 Å². The molecular formula is C18H20N6O. The molecule has 7 heteroatoms. The number of benzene rings is 1. The van der Waals surface area contributed by atoms with Gasteiger partial charge in [-0.05, 0) is 31.5 Å². The van der Waals surface area contributed by atoms with Gasteiger partial charge in [0, 0.05) is 31.1 Å². The summed E-state index contributed by atoms with van der Waals surface area (Å²) in [5.41, 5.74) is 4.61. The highest BCUT2D eigenvalue weighted by atomic mass is 16.2. The largest absolute Gasteiger partial charge is 0.381 e. The number of anilines is 2. The van der Waals surface area contributed by atoms with E-state index in [9.17, 15) is 4.79 Å². The van der Waals surface area contributed by atoms with E-state index in [-0.39, 0.29) is 11.8 Å². The summed E-state index contributed by atoms with van der Waals surface area (Å²) in [6.45, 7) is 5.43. The van der Waals surface area contributed by atoms with Gasteiger partial charge in [0.05, 0.1) is 11.4 Å². The molecular weight excluding hydrogens is 316 g/mol. The van der Waals surface area contributed by atoms with Gasteiger partial charge in [0.15, 0.2) is 0 Å². The summed E-state index contributed by atoms with van der Waals surface area (Å²) in [5.74, 6) is 0.428. The molecule has 3 heterocycles. The molecule has 1 aliphatic rings. The number of hydrogen-bond acceptors (Lipinski definition) is 5. The highest BCUT2D eigenvalue weighted by Crippen LogP contribution is 2.27. The Labute approximate surface area is 145 Å². The number of aromatic nitrogens is 4. The molecule has 1 aromatic carbocycles. The van der Waals surface area contributed by atoms with Crippen LogP contribution in [0.15, 0.2) is 36.7 Å². The number of hydrogen-bond donors (Lipinski definition) is 1. The van der Waals surface area contributed by atoms with E-state index in [1.807, 2.05) is 49.1 Å². The molecule has 25 heavy (non-hydrogen) atoms. The topological polar surface area (TPSA) is 75.4 Å². The summed E-state index contributed by atoms with van der Waals surface area (Å²) in [7, 11) is 0. The average Bonchev–Trinajstić information content (AvgIpc) is 3.22. The van der Waals surface area contributed by atoms with Crippen LogP contribution in [0.3, 0.4) is 0 Å². The third-order valence-corrected chi connectivity index (χ3v) is 4.77. The molecule has 4 rings (SSSR count). The highest BCUT2D eigenvalue weighted by molar-refractivity contribution is 5.95. The Morgan fingerprint density at radius 1 is 1.24 bits per heavy atom. The van der Waals surface area contributed by atoms with Crippen LogP contribution in [0.2, 0.25) is 0 Å². The van der Waals surface area contributed by atoms with Crippen molar-refractivity contribution in [3.63, 3.8) is 0 Å². The van der Waals surface area contributed by atoms with Crippen LogP contribution in [-0.4, -0.2) is 38.8 Å². The maximum atomic E-state index is 12.4. The van der Waals surface area contributed by atoms with Crippen LogP contribution in [0, 0.1) is 19.8 Å². The zero-order valence-corrected chi connectivity index (χ0v) is 14.3. The third kappa shape index (κ3) is 2.82. The van der Waals surface area contributed by atoms with E-state index in [1.54, 1.807) is 10.8 Å². The fourth-order valence-electron chi connectivity index (χ4n) is 3.29. The second-order valence-electron chi connectivity index (χ2n) is 6.48. The molecule has 1 saturated heterocycles. The lowest BCUT2D eigenvalue weighted by Gasteiger charge is -2.18. The summed E-state index contributed by atoms with van der Waals surface area (Å²) < 4.78 is 1.68. The number of nitrogens with one attached hydrogen (secondary N) is 1. The number of carbonyl (C=O) groups excluding carboxylic acids is 1. The zero-order valence-electron chi connectivity index (χ0n) is 14.3. The standard InChI is InChI=1S/C18H20N6O/c1-12-13(2)22-24-11-20-21-18(24)17(12)19-9-14-8-16(25)23(10-14)15-6-4-3-5-7-15/h3-7,11,14,19H,8-10H2,1-2H3. The maximum absolute atomic E-state index is 12.4. The molecule has 1 amide bonds. The normalized spacial score (nSPS) is 17.4. The number of fused-ring (bicyclic) bond motifs is 1. The quantitative estimate of drug-likeness (QED) is 0.790. The summed E-state index contributed by atoms with van der Waals surface area (Å²) in [6.07, 6.45) is 2.15. The Hall–Kier alpha value is -2.96. The van der Waals surface area contributed by atoms with Crippen LogP contribution < -0.4 is 10.2 Å². The van der Waals surface area contributed by atoms with Crippen molar-refractivity contribution in [1.29, 1.82) is 0 Å². The van der Waals surface area contributed by atoms with Crippen molar-refractivity contribution in [2.75, 3.05) is 23.3 Å². The first-order valence-electron chi connectivity index (χ1n) is 8.40. The third-order valence-electron chi connectivity index (χ3n) is 4.77. The van der Waals surface area contributed by atoms with E-state index in [4.69, 9.17) is 0 Å². The van der Waals surface area contributed by atoms with Crippen LogP contribution in [0.5, 0.6) is 0 Å². The Morgan fingerprint density at radius 3 is 2.84 bits per heavy atom. The molecule has 1 fully saturated rings. The van der Waals surface area contributed by atoms with Gasteiger partial charge in [-0.15, -0.1) is 10.2 Å². The van der Waals surface area contributed by atoms with Gasteiger partial charge >= 0.3 is 0 Å². The lowest BCUT2D eigenvalue weighted by atomic mass is 10.1. The summed E-state index contributed by atoms with van der Waals surface area (Å²) >= 11 is 0. The molecule has 1 aliphatic heterocycles. The van der Waals surface area contributed by atoms with Crippen molar-refractivity contribution in [3.8, 4) is 0 Å². The van der Waals surface area contributed by atoms with Crippen LogP contribution >= 0.6 is 0 Å². The second kappa shape index (κ2) is 6.16. The minimum Gasteiger partial charge on any atom is -0.381 e. The predicted octanol–water partition coefficient (Wildman–Crippen LogP) is 2.21. The molecule has 0 aliphatic carbocycles. The van der Waals surface area contributed by atoms with E-state index in [0.29, 0.717) is 18.6 Å². The highest BCUT2D eigenvalue weighted by Gasteiger charge is 2.30. The Bertz CT molecular complexity index is 920. The molecule has 3 aromatic rings. The average molecular weight is 336 g/mol. The zero-order chi connectivity index (χ0) is 17.4. The van der Waals surface area contributed by atoms with E-state index < -0.39 is 0 Å². The van der Waals surface area contributed by atoms with Crippen LogP contribution in [0.1, 0.15) is 17.7 Å². The lowest BCUT2D eigenvalue weighted by Crippen LogP contribution is -2.25. The molecule has 7 nitrogen and oxygen atoms in total. The van der Waals surface area contributed by atoms with Gasteiger partial charge in [0.25, 0.3) is 0 Å². The minimum atomic E-state index is 0.174. The number of aryl methyl sites for hydroxylation is 1. The van der Waals surface area contributed by atoms with E-state index in [2.05, 4.69) is 20.6 Å². The number of amides is 1. The Balaban J connectivity index is 1.51. The summed E-state index contributed by atoms with van der Waals surface area (Å²) in [5, 5.41) is 16.0. The van der Waals surface area contributed by atoms with Gasteiger partial charge in [-0.3, -0.25) is 4.79 Å². The molecule has 128 valence electrons. The fraction of sp³-hybridized carbons (Fsp3) is 0.333. The number of rotatable bonds is 4. The molecule has 0 radical (unpaired) electrons. The molecule has 1 N–H and O–H groups in total. The van der Waals surface area contributed by atoms with Crippen LogP contribution in [0.4, 0.5) is 11.4 Å². The lowest BCUT2D eigenvalue weighted by molar-refractivity contribution is -0.117. The second-order valence-corrected chi connectivity index (χ2v) is 6.48. The van der Waals surface area contributed by atoms with Gasteiger partial charge in [-0.1, -0.05) is 18.2 Å². The monoisotopic (exact) mass is 336 g/mol. The smallest absolute Gasteiger partial charge is 0.227 e. The number of carbonyl (C=O) groups is 1. The Kier molecular flexibility index (Phi) is 3.83. The predicted molar refractivity (Wildman–Crippen MR) is 95.6 cm³/mol. The molecule has 0 spiro atoms. The van der Waals surface area contributed by atoms with Gasteiger partial charge < -0.3 is 10.2 Å². The van der Waals surface area contributed by atoms with Crippen molar-refractivity contribution >= 4 is 22.9 Å². The van der Waals surface area contributed by atoms with E-state index >= 15 is 0 Å². The van der Waals surface area contributed by atoms with Crippen molar-refractivity contribution in [2.24, 2.45) is 5.92 Å². The molecule has 0 bridgehead atoms. The molecule has 1 unspecified atom stereocenters. The molecule has 1 atom stereocenters. The number of para-hydroxylation sites is 1. The molecule has 2 aromatic heterocycles. The van der Waals surface area contributed by atoms with Gasteiger partial charge in [0.2, 0.25) is 11.6 Å².